The molecule has 1 amide bonds. The molecule has 4 nitrogen and oxygen atoms in total. The van der Waals surface area contributed by atoms with Crippen molar-refractivity contribution in [3.05, 3.63) is 60.2 Å². The molecule has 0 aromatic heterocycles. The second kappa shape index (κ2) is 10.3. The minimum absolute atomic E-state index is 0.0282. The van der Waals surface area contributed by atoms with Gasteiger partial charge in [0.05, 0.1) is 13.5 Å². The van der Waals surface area contributed by atoms with E-state index in [1.165, 1.54) is 12.7 Å². The highest BCUT2D eigenvalue weighted by atomic mass is 16.5. The number of methoxy groups -OCH3 is 1. The van der Waals surface area contributed by atoms with Gasteiger partial charge in [0.2, 0.25) is 5.91 Å². The van der Waals surface area contributed by atoms with E-state index >= 15 is 0 Å². The van der Waals surface area contributed by atoms with Gasteiger partial charge in [0, 0.05) is 13.0 Å². The zero-order valence-corrected chi connectivity index (χ0v) is 14.7. The summed E-state index contributed by atoms with van der Waals surface area (Å²) in [7, 11) is 1.40. The molecular weight excluding hydrogens is 314 g/mol. The first-order valence-electron chi connectivity index (χ1n) is 8.67. The molecule has 2 rings (SSSR count). The molecule has 2 aromatic rings. The van der Waals surface area contributed by atoms with Crippen LogP contribution in [0.5, 0.6) is 0 Å². The number of amides is 1. The summed E-state index contributed by atoms with van der Waals surface area (Å²) in [6.07, 6.45) is 3.40. The van der Waals surface area contributed by atoms with Gasteiger partial charge in [-0.25, -0.2) is 0 Å². The van der Waals surface area contributed by atoms with Crippen molar-refractivity contribution in [1.29, 1.82) is 0 Å². The van der Waals surface area contributed by atoms with Crippen LogP contribution in [0.15, 0.2) is 54.6 Å². The van der Waals surface area contributed by atoms with E-state index in [0.717, 1.165) is 30.4 Å². The van der Waals surface area contributed by atoms with Gasteiger partial charge in [-0.2, -0.15) is 0 Å². The molecule has 0 saturated heterocycles. The average Bonchev–Trinajstić information content (AvgIpc) is 2.65. The van der Waals surface area contributed by atoms with E-state index in [1.807, 2.05) is 42.5 Å². The van der Waals surface area contributed by atoms with E-state index in [4.69, 9.17) is 0 Å². The maximum atomic E-state index is 12.0. The van der Waals surface area contributed by atoms with Crippen LogP contribution in [0.4, 0.5) is 0 Å². The Morgan fingerprint density at radius 3 is 2.24 bits per heavy atom. The topological polar surface area (TPSA) is 55.4 Å². The van der Waals surface area contributed by atoms with Crippen molar-refractivity contribution in [2.24, 2.45) is 0 Å². The first-order valence-corrected chi connectivity index (χ1v) is 8.67. The molecule has 0 fully saturated rings. The van der Waals surface area contributed by atoms with Gasteiger partial charge in [0.1, 0.15) is 0 Å². The minimum Gasteiger partial charge on any atom is -0.469 e. The standard InChI is InChI=1S/C21H25NO3/c1-25-21(24)10-6-3-7-15-22-20(23)16-17-11-13-19(14-12-17)18-8-4-2-5-9-18/h2,4-5,8-9,11-14H,3,6-7,10,15-16H2,1H3,(H,22,23). The second-order valence-corrected chi connectivity index (χ2v) is 5.98. The Morgan fingerprint density at radius 2 is 1.56 bits per heavy atom. The van der Waals surface area contributed by atoms with E-state index in [9.17, 15) is 9.59 Å². The molecule has 0 saturated carbocycles. The maximum Gasteiger partial charge on any atom is 0.305 e. The zero-order valence-electron chi connectivity index (χ0n) is 14.7. The number of rotatable bonds is 9. The molecule has 1 N–H and O–H groups in total. The lowest BCUT2D eigenvalue weighted by Crippen LogP contribution is -2.26. The molecule has 0 spiro atoms. The van der Waals surface area contributed by atoms with Crippen LogP contribution in [-0.2, 0) is 20.7 Å². The molecule has 0 unspecified atom stereocenters. The normalized spacial score (nSPS) is 10.3. The highest BCUT2D eigenvalue weighted by Crippen LogP contribution is 2.19. The predicted molar refractivity (Wildman–Crippen MR) is 99.1 cm³/mol. The molecule has 0 radical (unpaired) electrons. The van der Waals surface area contributed by atoms with E-state index in [2.05, 4.69) is 22.2 Å². The average molecular weight is 339 g/mol. The third kappa shape index (κ3) is 6.79. The van der Waals surface area contributed by atoms with Crippen LogP contribution in [0.1, 0.15) is 31.2 Å². The smallest absolute Gasteiger partial charge is 0.305 e. The number of carbonyl (C=O) groups is 2. The van der Waals surface area contributed by atoms with Gasteiger partial charge in [0.15, 0.2) is 0 Å². The highest BCUT2D eigenvalue weighted by Gasteiger charge is 2.04. The maximum absolute atomic E-state index is 12.0. The van der Waals surface area contributed by atoms with Crippen LogP contribution >= 0.6 is 0 Å². The van der Waals surface area contributed by atoms with Crippen molar-refractivity contribution in [3.63, 3.8) is 0 Å². The number of esters is 1. The lowest BCUT2D eigenvalue weighted by molar-refractivity contribution is -0.140. The molecular formula is C21H25NO3. The van der Waals surface area contributed by atoms with Gasteiger partial charge in [0.25, 0.3) is 0 Å². The van der Waals surface area contributed by atoms with Crippen LogP contribution < -0.4 is 5.32 Å². The van der Waals surface area contributed by atoms with E-state index in [1.54, 1.807) is 0 Å². The molecule has 0 aliphatic carbocycles. The number of hydrogen-bond donors (Lipinski definition) is 1. The Bertz CT molecular complexity index is 665. The molecule has 0 heterocycles. The summed E-state index contributed by atoms with van der Waals surface area (Å²) in [5, 5.41) is 2.92. The van der Waals surface area contributed by atoms with Crippen LogP contribution in [-0.4, -0.2) is 25.5 Å². The first-order chi connectivity index (χ1) is 12.2. The van der Waals surface area contributed by atoms with Crippen LogP contribution in [0.25, 0.3) is 11.1 Å². The van der Waals surface area contributed by atoms with Crippen molar-refractivity contribution < 1.29 is 14.3 Å². The molecule has 25 heavy (non-hydrogen) atoms. The molecule has 0 atom stereocenters. The van der Waals surface area contributed by atoms with E-state index in [0.29, 0.717) is 19.4 Å². The quantitative estimate of drug-likeness (QED) is 0.559. The predicted octanol–water partition coefficient (Wildman–Crippen LogP) is 3.75. The molecule has 132 valence electrons. The third-order valence-electron chi connectivity index (χ3n) is 4.03. The SMILES string of the molecule is COC(=O)CCCCCNC(=O)Cc1ccc(-c2ccccc2)cc1. The summed E-state index contributed by atoms with van der Waals surface area (Å²) in [6, 6.07) is 18.3. The number of ether oxygens (including phenoxy) is 1. The molecule has 0 bridgehead atoms. The number of benzene rings is 2. The lowest BCUT2D eigenvalue weighted by Gasteiger charge is -2.07. The lowest BCUT2D eigenvalue weighted by atomic mass is 10.0. The van der Waals surface area contributed by atoms with Gasteiger partial charge in [-0.05, 0) is 29.5 Å². The van der Waals surface area contributed by atoms with Gasteiger partial charge in [-0.3, -0.25) is 9.59 Å². The second-order valence-electron chi connectivity index (χ2n) is 5.98. The zero-order chi connectivity index (χ0) is 17.9. The minimum atomic E-state index is -0.178. The van der Waals surface area contributed by atoms with Gasteiger partial charge >= 0.3 is 5.97 Å². The summed E-state index contributed by atoms with van der Waals surface area (Å²) in [5.74, 6) is -0.150. The van der Waals surface area contributed by atoms with Crippen LogP contribution in [0.2, 0.25) is 0 Å². The van der Waals surface area contributed by atoms with Gasteiger partial charge in [-0.15, -0.1) is 0 Å². The Kier molecular flexibility index (Phi) is 7.70. The third-order valence-corrected chi connectivity index (χ3v) is 4.03. The van der Waals surface area contributed by atoms with Crippen molar-refractivity contribution in [2.75, 3.05) is 13.7 Å². The largest absolute Gasteiger partial charge is 0.469 e. The van der Waals surface area contributed by atoms with E-state index in [-0.39, 0.29) is 11.9 Å². The monoisotopic (exact) mass is 339 g/mol. The number of carbonyl (C=O) groups excluding carboxylic acids is 2. The number of nitrogens with one attached hydrogen (secondary N) is 1. The van der Waals surface area contributed by atoms with Crippen molar-refractivity contribution in [1.82, 2.24) is 5.32 Å². The van der Waals surface area contributed by atoms with Gasteiger partial charge < -0.3 is 10.1 Å². The van der Waals surface area contributed by atoms with Crippen LogP contribution in [0.3, 0.4) is 0 Å². The van der Waals surface area contributed by atoms with Crippen molar-refractivity contribution in [3.8, 4) is 11.1 Å². The Balaban J connectivity index is 1.68. The molecule has 0 aliphatic rings. The fraction of sp³-hybridized carbons (Fsp3) is 0.333. The van der Waals surface area contributed by atoms with E-state index < -0.39 is 0 Å². The van der Waals surface area contributed by atoms with Gasteiger partial charge in [-0.1, -0.05) is 61.0 Å². The fourth-order valence-corrected chi connectivity index (χ4v) is 2.59. The highest BCUT2D eigenvalue weighted by molar-refractivity contribution is 5.78. The molecule has 2 aromatic carbocycles. The van der Waals surface area contributed by atoms with Crippen molar-refractivity contribution in [2.45, 2.75) is 32.1 Å². The summed E-state index contributed by atoms with van der Waals surface area (Å²) >= 11 is 0. The molecule has 0 aliphatic heterocycles. The molecule has 4 heteroatoms. The summed E-state index contributed by atoms with van der Waals surface area (Å²) in [5.41, 5.74) is 3.32. The number of hydrogen-bond acceptors (Lipinski definition) is 3. The number of unbranched alkanes of at least 4 members (excludes halogenated alkanes) is 2. The van der Waals surface area contributed by atoms with Crippen molar-refractivity contribution >= 4 is 11.9 Å². The Hall–Kier alpha value is -2.62. The fourth-order valence-electron chi connectivity index (χ4n) is 2.59. The van der Waals surface area contributed by atoms with Crippen LogP contribution in [0, 0.1) is 0 Å². The Morgan fingerprint density at radius 1 is 0.880 bits per heavy atom. The Labute approximate surface area is 149 Å². The summed E-state index contributed by atoms with van der Waals surface area (Å²) < 4.78 is 4.59. The summed E-state index contributed by atoms with van der Waals surface area (Å²) in [4.78, 5) is 22.9. The summed E-state index contributed by atoms with van der Waals surface area (Å²) in [6.45, 7) is 0.641. The first kappa shape index (κ1) is 18.7.